The Morgan fingerprint density at radius 3 is 1.52 bits per heavy atom. The molecule has 0 bridgehead atoms. The van der Waals surface area contributed by atoms with E-state index in [2.05, 4.69) is 138 Å². The van der Waals surface area contributed by atoms with Gasteiger partial charge < -0.3 is 4.57 Å². The minimum atomic E-state index is 0.633. The lowest BCUT2D eigenvalue weighted by molar-refractivity contribution is 1.07. The van der Waals surface area contributed by atoms with Gasteiger partial charge in [0.05, 0.1) is 11.0 Å². The monoisotopic (exact) mass is 732 g/mol. The fourth-order valence-corrected chi connectivity index (χ4v) is 9.07. The Labute approximate surface area is 327 Å². The van der Waals surface area contributed by atoms with E-state index in [9.17, 15) is 0 Å². The van der Waals surface area contributed by atoms with Crippen LogP contribution in [-0.2, 0) is 0 Å². The molecule has 0 N–H and O–H groups in total. The smallest absolute Gasteiger partial charge is 0.164 e. The number of hydrogen-bond donors (Lipinski definition) is 0. The lowest BCUT2D eigenvalue weighted by Gasteiger charge is -2.15. The lowest BCUT2D eigenvalue weighted by atomic mass is 9.96. The third kappa shape index (κ3) is 5.56. The van der Waals surface area contributed by atoms with Gasteiger partial charge in [0.15, 0.2) is 17.5 Å². The van der Waals surface area contributed by atoms with Gasteiger partial charge in [-0.15, -0.1) is 11.3 Å². The first kappa shape index (κ1) is 32.2. The van der Waals surface area contributed by atoms with E-state index < -0.39 is 0 Å². The summed E-state index contributed by atoms with van der Waals surface area (Å²) < 4.78 is 5.04. The van der Waals surface area contributed by atoms with Crippen LogP contribution in [0.2, 0.25) is 0 Å². The molecule has 0 atom stereocenters. The first-order chi connectivity index (χ1) is 27.7. The Bertz CT molecular complexity index is 3180. The highest BCUT2D eigenvalue weighted by Crippen LogP contribution is 2.42. The predicted molar refractivity (Wildman–Crippen MR) is 234 cm³/mol. The Kier molecular flexibility index (Phi) is 7.64. The zero-order chi connectivity index (χ0) is 37.0. The highest BCUT2D eigenvalue weighted by molar-refractivity contribution is 7.25. The van der Waals surface area contributed by atoms with Crippen molar-refractivity contribution in [1.82, 2.24) is 19.5 Å². The van der Waals surface area contributed by atoms with Crippen LogP contribution in [-0.4, -0.2) is 19.5 Å². The number of benzene rings is 8. The molecule has 0 aliphatic heterocycles. The minimum Gasteiger partial charge on any atom is -0.309 e. The SMILES string of the molecule is c1ccc(-c2cc(-c3cccc(-c4nc(-c5ccccc5)nc(-c5ccccc5)n4)c3)cc(-n3c4ccccc4c4cc5c(cc43)sc3ccccc35)c2)cc1. The Morgan fingerprint density at radius 1 is 0.304 bits per heavy atom. The van der Waals surface area contributed by atoms with E-state index in [-0.39, 0.29) is 0 Å². The van der Waals surface area contributed by atoms with Gasteiger partial charge in [-0.25, -0.2) is 15.0 Å². The minimum absolute atomic E-state index is 0.633. The molecule has 0 spiro atoms. The number of hydrogen-bond acceptors (Lipinski definition) is 4. The predicted octanol–water partition coefficient (Wildman–Crippen LogP) is 13.7. The Hall–Kier alpha value is -7.21. The van der Waals surface area contributed by atoms with Crippen molar-refractivity contribution in [2.45, 2.75) is 0 Å². The summed E-state index contributed by atoms with van der Waals surface area (Å²) in [6.07, 6.45) is 0. The zero-order valence-electron chi connectivity index (χ0n) is 30.2. The van der Waals surface area contributed by atoms with Gasteiger partial charge in [-0.05, 0) is 70.8 Å². The lowest BCUT2D eigenvalue weighted by Crippen LogP contribution is -2.00. The quantitative estimate of drug-likeness (QED) is 0.171. The maximum Gasteiger partial charge on any atom is 0.164 e. The molecule has 5 heteroatoms. The highest BCUT2D eigenvalue weighted by atomic mass is 32.1. The van der Waals surface area contributed by atoms with E-state index in [1.807, 2.05) is 72.0 Å². The molecule has 0 aliphatic rings. The Balaban J connectivity index is 1.12. The van der Waals surface area contributed by atoms with Crippen molar-refractivity contribution in [1.29, 1.82) is 0 Å². The number of thiophene rings is 1. The molecule has 0 fully saturated rings. The maximum absolute atomic E-state index is 5.04. The molecule has 0 radical (unpaired) electrons. The summed E-state index contributed by atoms with van der Waals surface area (Å²) in [5, 5.41) is 5.11. The summed E-state index contributed by atoms with van der Waals surface area (Å²) in [6.45, 7) is 0. The van der Waals surface area contributed by atoms with Crippen LogP contribution >= 0.6 is 11.3 Å². The second-order valence-electron chi connectivity index (χ2n) is 14.1. The fraction of sp³-hybridized carbons (Fsp3) is 0. The van der Waals surface area contributed by atoms with Gasteiger partial charge in [-0.2, -0.15) is 0 Å². The molecule has 4 nitrogen and oxygen atoms in total. The first-order valence-corrected chi connectivity index (χ1v) is 19.6. The van der Waals surface area contributed by atoms with E-state index in [1.54, 1.807) is 0 Å². The van der Waals surface area contributed by atoms with Crippen LogP contribution in [0.3, 0.4) is 0 Å². The van der Waals surface area contributed by atoms with E-state index in [0.717, 1.165) is 44.6 Å². The average Bonchev–Trinajstić information content (AvgIpc) is 3.81. The second kappa shape index (κ2) is 13.3. The van der Waals surface area contributed by atoms with Crippen LogP contribution in [0.4, 0.5) is 0 Å². The molecule has 0 unspecified atom stereocenters. The van der Waals surface area contributed by atoms with Crippen molar-refractivity contribution in [3.8, 4) is 62.1 Å². The van der Waals surface area contributed by atoms with Crippen molar-refractivity contribution in [2.75, 3.05) is 0 Å². The number of para-hydroxylation sites is 1. The molecule has 0 saturated carbocycles. The third-order valence-corrected chi connectivity index (χ3v) is 11.7. The van der Waals surface area contributed by atoms with Crippen molar-refractivity contribution in [3.05, 3.63) is 194 Å². The van der Waals surface area contributed by atoms with Crippen molar-refractivity contribution >= 4 is 53.3 Å². The number of aromatic nitrogens is 4. The van der Waals surface area contributed by atoms with Crippen LogP contribution < -0.4 is 0 Å². The molecule has 262 valence electrons. The molecule has 0 aliphatic carbocycles. The van der Waals surface area contributed by atoms with Gasteiger partial charge in [0.25, 0.3) is 0 Å². The summed E-state index contributed by atoms with van der Waals surface area (Å²) in [4.78, 5) is 15.0. The second-order valence-corrected chi connectivity index (χ2v) is 15.2. The van der Waals surface area contributed by atoms with E-state index >= 15 is 0 Å². The number of nitrogens with zero attached hydrogens (tertiary/aromatic N) is 4. The number of rotatable bonds is 6. The summed E-state index contributed by atoms with van der Waals surface area (Å²) in [5.41, 5.74) is 10.8. The average molecular weight is 733 g/mol. The summed E-state index contributed by atoms with van der Waals surface area (Å²) in [6, 6.07) is 68.8. The first-order valence-electron chi connectivity index (χ1n) is 18.8. The molecular weight excluding hydrogens is 701 g/mol. The largest absolute Gasteiger partial charge is 0.309 e. The van der Waals surface area contributed by atoms with Gasteiger partial charge in [-0.3, -0.25) is 0 Å². The molecule has 0 amide bonds. The van der Waals surface area contributed by atoms with E-state index in [0.29, 0.717) is 17.5 Å². The summed E-state index contributed by atoms with van der Waals surface area (Å²) >= 11 is 1.86. The van der Waals surface area contributed by atoms with E-state index in [4.69, 9.17) is 15.0 Å². The van der Waals surface area contributed by atoms with Crippen molar-refractivity contribution < 1.29 is 0 Å². The number of fused-ring (bicyclic) bond motifs is 6. The van der Waals surface area contributed by atoms with Gasteiger partial charge in [0.2, 0.25) is 0 Å². The Morgan fingerprint density at radius 2 is 0.821 bits per heavy atom. The third-order valence-electron chi connectivity index (χ3n) is 10.6. The molecular formula is C51H32N4S. The molecule has 3 heterocycles. The van der Waals surface area contributed by atoms with E-state index in [1.165, 1.54) is 42.0 Å². The van der Waals surface area contributed by atoms with Crippen molar-refractivity contribution in [3.63, 3.8) is 0 Å². The summed E-state index contributed by atoms with van der Waals surface area (Å²) in [5.74, 6) is 1.92. The molecule has 8 aromatic carbocycles. The zero-order valence-corrected chi connectivity index (χ0v) is 31.0. The summed E-state index contributed by atoms with van der Waals surface area (Å²) in [7, 11) is 0. The van der Waals surface area contributed by atoms with Crippen LogP contribution in [0, 0.1) is 0 Å². The maximum atomic E-state index is 5.04. The van der Waals surface area contributed by atoms with Crippen molar-refractivity contribution in [2.24, 2.45) is 0 Å². The van der Waals surface area contributed by atoms with Crippen LogP contribution in [0.5, 0.6) is 0 Å². The highest BCUT2D eigenvalue weighted by Gasteiger charge is 2.18. The normalized spacial score (nSPS) is 11.6. The van der Waals surface area contributed by atoms with Gasteiger partial charge in [0, 0.05) is 53.3 Å². The molecule has 3 aromatic heterocycles. The molecule has 11 rings (SSSR count). The topological polar surface area (TPSA) is 43.6 Å². The molecule has 11 aromatic rings. The molecule has 56 heavy (non-hydrogen) atoms. The van der Waals surface area contributed by atoms with Gasteiger partial charge in [0.1, 0.15) is 0 Å². The fourth-order valence-electron chi connectivity index (χ4n) is 7.95. The van der Waals surface area contributed by atoms with Crippen LogP contribution in [0.15, 0.2) is 194 Å². The molecule has 0 saturated heterocycles. The van der Waals surface area contributed by atoms with Gasteiger partial charge in [-0.1, -0.05) is 146 Å². The van der Waals surface area contributed by atoms with Crippen LogP contribution in [0.25, 0.3) is 104 Å². The van der Waals surface area contributed by atoms with Gasteiger partial charge >= 0.3 is 0 Å². The van der Waals surface area contributed by atoms with Crippen LogP contribution in [0.1, 0.15) is 0 Å². The standard InChI is InChI=1S/C51H32N4S/c1-4-15-33(16-5-1)38-28-39(36-21-14-22-37(27-36)51-53-49(34-17-6-2-7-18-34)52-50(54-51)35-19-8-3-9-20-35)30-40(29-38)55-45-25-12-10-23-41(45)43-31-44-42-24-11-13-26-47(42)56-48(44)32-46(43)55/h1-32H.